The van der Waals surface area contributed by atoms with Gasteiger partial charge in [0.05, 0.1) is 25.4 Å². The van der Waals surface area contributed by atoms with Crippen LogP contribution in [0.5, 0.6) is 5.75 Å². The van der Waals surface area contributed by atoms with E-state index in [1.54, 1.807) is 25.3 Å². The van der Waals surface area contributed by atoms with Crippen molar-refractivity contribution >= 4 is 19.9 Å². The maximum atomic E-state index is 12.7. The minimum Gasteiger partial charge on any atom is -0.496 e. The van der Waals surface area contributed by atoms with Gasteiger partial charge in [-0.05, 0) is 59.9 Å². The van der Waals surface area contributed by atoms with Crippen molar-refractivity contribution in [3.05, 3.63) is 48.0 Å². The molecule has 0 saturated carbocycles. The van der Waals surface area contributed by atoms with Crippen molar-refractivity contribution in [3.63, 3.8) is 0 Å². The van der Waals surface area contributed by atoms with E-state index in [1.807, 2.05) is 29.2 Å². The molecule has 0 aliphatic carbocycles. The molecule has 1 aliphatic heterocycles. The van der Waals surface area contributed by atoms with Crippen LogP contribution >= 0.6 is 0 Å². The topological polar surface area (TPSA) is 82.5 Å². The Morgan fingerprint density at radius 3 is 2.52 bits per heavy atom. The van der Waals surface area contributed by atoms with Gasteiger partial charge < -0.3 is 14.1 Å². The number of methoxy groups -OCH3 is 1. The summed E-state index contributed by atoms with van der Waals surface area (Å²) in [5.41, 5.74) is 2.83. The second-order valence-corrected chi connectivity index (χ2v) is 15.0. The maximum absolute atomic E-state index is 12.7. The summed E-state index contributed by atoms with van der Waals surface area (Å²) in [6, 6.07) is 12.8. The fourth-order valence-corrected chi connectivity index (χ4v) is 4.82. The molecule has 2 N–H and O–H groups in total. The lowest BCUT2D eigenvalue weighted by molar-refractivity contribution is -0.130. The highest BCUT2D eigenvalue weighted by atomic mass is 28.4. The molecule has 1 amide bonds. The largest absolute Gasteiger partial charge is 0.496 e. The predicted octanol–water partition coefficient (Wildman–Crippen LogP) is 5.46. The minimum absolute atomic E-state index is 0.0674. The Bertz CT molecular complexity index is 987. The molecule has 1 fully saturated rings. The summed E-state index contributed by atoms with van der Waals surface area (Å²) in [5, 5.41) is 19.0. The monoisotopic (exact) mass is 472 g/mol. The summed E-state index contributed by atoms with van der Waals surface area (Å²) in [6.07, 6.45) is 1.35. The number of benzene rings is 2. The van der Waals surface area contributed by atoms with Crippen molar-refractivity contribution in [1.82, 2.24) is 4.90 Å². The van der Waals surface area contributed by atoms with Gasteiger partial charge in [-0.15, -0.1) is 5.23 Å². The molecule has 180 valence electrons. The summed E-state index contributed by atoms with van der Waals surface area (Å²) in [6.45, 7) is 12.2. The van der Waals surface area contributed by atoms with Crippen LogP contribution in [-0.2, 0) is 15.8 Å². The van der Waals surface area contributed by atoms with Crippen LogP contribution in [0.2, 0.25) is 18.1 Å². The number of hydrogen-bond donors (Lipinski definition) is 2. The summed E-state index contributed by atoms with van der Waals surface area (Å²) in [7, 11) is -0.293. The van der Waals surface area contributed by atoms with Crippen LogP contribution in [0, 0.1) is 0 Å². The highest BCUT2D eigenvalue weighted by Gasteiger charge is 2.39. The molecule has 33 heavy (non-hydrogen) atoms. The average molecular weight is 473 g/mol. The molecule has 2 aromatic rings. The molecule has 1 aliphatic rings. The third-order valence-corrected chi connectivity index (χ3v) is 11.4. The standard InChI is InChI=1S/C25H36N2O5Si/c1-25(2,3)33(5,6)32-17-21-11-13-24(28)26(21)16-18-10-12-23(31-4)22(14-18)19-8-7-9-20(15-19)27(29)30/h7-10,12,14-15,21,29-30H,11,13,16-17H2,1-6H3/t21-/m1/s1. The molecule has 0 bridgehead atoms. The van der Waals surface area contributed by atoms with Gasteiger partial charge in [0.25, 0.3) is 0 Å². The summed E-state index contributed by atoms with van der Waals surface area (Å²) < 4.78 is 12.0. The first-order valence-corrected chi connectivity index (χ1v) is 14.2. The number of hydrogen-bond acceptors (Lipinski definition) is 6. The number of amides is 1. The number of carbonyl (C=O) groups excluding carboxylic acids is 1. The van der Waals surface area contributed by atoms with Crippen molar-refractivity contribution in [3.8, 4) is 16.9 Å². The third kappa shape index (κ3) is 5.76. The van der Waals surface area contributed by atoms with Crippen molar-refractivity contribution in [2.24, 2.45) is 0 Å². The van der Waals surface area contributed by atoms with Gasteiger partial charge >= 0.3 is 0 Å². The van der Waals surface area contributed by atoms with Gasteiger partial charge in [-0.1, -0.05) is 39.0 Å². The van der Waals surface area contributed by atoms with Gasteiger partial charge in [0.15, 0.2) is 8.32 Å². The van der Waals surface area contributed by atoms with Crippen LogP contribution < -0.4 is 9.96 Å². The lowest BCUT2D eigenvalue weighted by Crippen LogP contribution is -2.45. The van der Waals surface area contributed by atoms with Crippen LogP contribution in [0.1, 0.15) is 39.2 Å². The molecule has 3 rings (SSSR count). The Kier molecular flexibility index (Phi) is 7.53. The van der Waals surface area contributed by atoms with Crippen molar-refractivity contribution in [1.29, 1.82) is 0 Å². The first kappa shape index (κ1) is 25.2. The van der Waals surface area contributed by atoms with Crippen LogP contribution in [0.25, 0.3) is 11.1 Å². The molecule has 1 saturated heterocycles. The molecular formula is C25H36N2O5Si. The van der Waals surface area contributed by atoms with E-state index in [9.17, 15) is 15.2 Å². The fourth-order valence-electron chi connectivity index (χ4n) is 3.78. The molecule has 7 nitrogen and oxygen atoms in total. The SMILES string of the molecule is COc1ccc(CN2C(=O)CC[C@@H]2CO[Si](C)(C)C(C)(C)C)cc1-c1cccc(N(O)O)c1. The maximum Gasteiger partial charge on any atom is 0.223 e. The summed E-state index contributed by atoms with van der Waals surface area (Å²) in [5.74, 6) is 0.818. The van der Waals surface area contributed by atoms with Crippen LogP contribution in [0.4, 0.5) is 5.69 Å². The number of carbonyl (C=O) groups is 1. The zero-order valence-electron chi connectivity index (χ0n) is 20.5. The van der Waals surface area contributed by atoms with E-state index in [0.717, 1.165) is 23.1 Å². The zero-order valence-corrected chi connectivity index (χ0v) is 21.5. The van der Waals surface area contributed by atoms with Gasteiger partial charge in [-0.25, -0.2) is 0 Å². The Labute approximate surface area is 197 Å². The van der Waals surface area contributed by atoms with E-state index in [0.29, 0.717) is 25.3 Å². The number of rotatable bonds is 8. The van der Waals surface area contributed by atoms with Gasteiger partial charge in [0.2, 0.25) is 5.91 Å². The number of ether oxygens (including phenoxy) is 1. The summed E-state index contributed by atoms with van der Waals surface area (Å²) >= 11 is 0. The van der Waals surface area contributed by atoms with Gasteiger partial charge in [0, 0.05) is 18.5 Å². The molecule has 0 radical (unpaired) electrons. The Balaban J connectivity index is 1.82. The third-order valence-electron chi connectivity index (χ3n) is 6.90. The first-order chi connectivity index (χ1) is 15.4. The van der Waals surface area contributed by atoms with Crippen LogP contribution in [-0.4, -0.2) is 49.3 Å². The van der Waals surface area contributed by atoms with E-state index < -0.39 is 8.32 Å². The lowest BCUT2D eigenvalue weighted by Gasteiger charge is -2.38. The minimum atomic E-state index is -1.90. The molecule has 2 aromatic carbocycles. The van der Waals surface area contributed by atoms with Crippen molar-refractivity contribution < 1.29 is 24.4 Å². The van der Waals surface area contributed by atoms with E-state index in [4.69, 9.17) is 9.16 Å². The number of anilines is 1. The fraction of sp³-hybridized carbons (Fsp3) is 0.480. The predicted molar refractivity (Wildman–Crippen MR) is 131 cm³/mol. The van der Waals surface area contributed by atoms with Crippen molar-refractivity contribution in [2.45, 2.75) is 64.3 Å². The van der Waals surface area contributed by atoms with Gasteiger partial charge in [0.1, 0.15) is 5.75 Å². The summed E-state index contributed by atoms with van der Waals surface area (Å²) in [4.78, 5) is 14.6. The number of nitrogens with zero attached hydrogens (tertiary/aromatic N) is 2. The Morgan fingerprint density at radius 1 is 1.15 bits per heavy atom. The molecular weight excluding hydrogens is 436 g/mol. The second kappa shape index (κ2) is 9.85. The van der Waals surface area contributed by atoms with Crippen LogP contribution in [0.3, 0.4) is 0 Å². The Hall–Kier alpha value is -2.39. The van der Waals surface area contributed by atoms with E-state index >= 15 is 0 Å². The highest BCUT2D eigenvalue weighted by Crippen LogP contribution is 2.38. The molecule has 1 heterocycles. The van der Waals surface area contributed by atoms with Gasteiger partial charge in [-0.3, -0.25) is 15.2 Å². The Morgan fingerprint density at radius 2 is 1.88 bits per heavy atom. The molecule has 1 atom stereocenters. The van der Waals surface area contributed by atoms with Gasteiger partial charge in [-0.2, -0.15) is 0 Å². The second-order valence-electron chi connectivity index (χ2n) is 10.2. The van der Waals surface area contributed by atoms with E-state index in [2.05, 4.69) is 33.9 Å². The molecule has 0 unspecified atom stereocenters. The smallest absolute Gasteiger partial charge is 0.223 e. The molecule has 0 aromatic heterocycles. The van der Waals surface area contributed by atoms with E-state index in [1.165, 1.54) is 0 Å². The normalized spacial score (nSPS) is 16.9. The van der Waals surface area contributed by atoms with Crippen molar-refractivity contribution in [2.75, 3.05) is 18.9 Å². The van der Waals surface area contributed by atoms with E-state index in [-0.39, 0.29) is 27.9 Å². The quantitative estimate of drug-likeness (QED) is 0.392. The van der Waals surface area contributed by atoms with Crippen LogP contribution in [0.15, 0.2) is 42.5 Å². The number of likely N-dealkylation sites (tertiary alicyclic amines) is 1. The molecule has 0 spiro atoms. The average Bonchev–Trinajstić information content (AvgIpc) is 3.11. The highest BCUT2D eigenvalue weighted by molar-refractivity contribution is 6.74. The first-order valence-electron chi connectivity index (χ1n) is 11.3. The molecule has 8 heteroatoms. The zero-order chi connectivity index (χ0) is 24.4. The lowest BCUT2D eigenvalue weighted by atomic mass is 10.0.